The van der Waals surface area contributed by atoms with Gasteiger partial charge in [-0.05, 0) is 17.9 Å². The molecular formula is C16H20N2O2. The molecule has 0 atom stereocenters. The molecule has 106 valence electrons. The third-order valence-electron chi connectivity index (χ3n) is 2.89. The van der Waals surface area contributed by atoms with Crippen molar-refractivity contribution in [1.82, 2.24) is 10.5 Å². The summed E-state index contributed by atoms with van der Waals surface area (Å²) >= 11 is 0. The van der Waals surface area contributed by atoms with Gasteiger partial charge in [0.2, 0.25) is 5.91 Å². The van der Waals surface area contributed by atoms with Crippen LogP contribution in [-0.2, 0) is 24.2 Å². The van der Waals surface area contributed by atoms with Crippen molar-refractivity contribution in [2.24, 2.45) is 5.92 Å². The summed E-state index contributed by atoms with van der Waals surface area (Å²) in [6.45, 7) is 4.66. The monoisotopic (exact) mass is 272 g/mol. The maximum atomic E-state index is 11.8. The van der Waals surface area contributed by atoms with E-state index in [0.29, 0.717) is 24.6 Å². The normalized spacial score (nSPS) is 10.8. The molecule has 1 aromatic heterocycles. The number of aromatic nitrogens is 1. The molecule has 1 heterocycles. The molecule has 1 aromatic carbocycles. The number of benzene rings is 1. The first-order valence-electron chi connectivity index (χ1n) is 6.88. The topological polar surface area (TPSA) is 55.1 Å². The Morgan fingerprint density at radius 1 is 1.30 bits per heavy atom. The van der Waals surface area contributed by atoms with Crippen molar-refractivity contribution in [2.75, 3.05) is 0 Å². The number of hydrogen-bond acceptors (Lipinski definition) is 3. The van der Waals surface area contributed by atoms with Crippen molar-refractivity contribution in [3.63, 3.8) is 0 Å². The molecule has 0 aliphatic heterocycles. The number of amides is 1. The summed E-state index contributed by atoms with van der Waals surface area (Å²) in [7, 11) is 0. The fourth-order valence-corrected chi connectivity index (χ4v) is 1.98. The number of carbonyl (C=O) groups is 1. The van der Waals surface area contributed by atoms with Gasteiger partial charge in [0.15, 0.2) is 5.76 Å². The van der Waals surface area contributed by atoms with E-state index in [1.165, 1.54) is 0 Å². The van der Waals surface area contributed by atoms with Crippen molar-refractivity contribution < 1.29 is 9.32 Å². The van der Waals surface area contributed by atoms with Gasteiger partial charge in [0.25, 0.3) is 0 Å². The zero-order valence-electron chi connectivity index (χ0n) is 11.9. The maximum absolute atomic E-state index is 11.8. The average molecular weight is 272 g/mol. The third-order valence-corrected chi connectivity index (χ3v) is 2.89. The predicted octanol–water partition coefficient (Wildman–Crippen LogP) is 2.73. The Bertz CT molecular complexity index is 547. The van der Waals surface area contributed by atoms with Crippen molar-refractivity contribution in [3.05, 3.63) is 53.4 Å². The van der Waals surface area contributed by atoms with Crippen LogP contribution in [0.25, 0.3) is 0 Å². The largest absolute Gasteiger partial charge is 0.359 e. The molecule has 0 aliphatic rings. The molecule has 1 N–H and O–H groups in total. The first kappa shape index (κ1) is 14.3. The SMILES string of the molecule is CC(C)Cc1cc(CNC(=O)Cc2ccccc2)on1. The molecule has 1 amide bonds. The molecule has 4 heteroatoms. The number of rotatable bonds is 6. The van der Waals surface area contributed by atoms with Crippen LogP contribution in [0, 0.1) is 5.92 Å². The molecule has 0 saturated heterocycles. The second-order valence-electron chi connectivity index (χ2n) is 5.32. The lowest BCUT2D eigenvalue weighted by Crippen LogP contribution is -2.24. The number of nitrogens with zero attached hydrogens (tertiary/aromatic N) is 1. The molecule has 2 rings (SSSR count). The van der Waals surface area contributed by atoms with Gasteiger partial charge in [0.1, 0.15) is 0 Å². The Morgan fingerprint density at radius 3 is 2.75 bits per heavy atom. The fourth-order valence-electron chi connectivity index (χ4n) is 1.98. The molecule has 20 heavy (non-hydrogen) atoms. The molecule has 4 nitrogen and oxygen atoms in total. The van der Waals surface area contributed by atoms with Gasteiger partial charge in [-0.15, -0.1) is 0 Å². The van der Waals surface area contributed by atoms with Gasteiger partial charge in [0.05, 0.1) is 18.7 Å². The van der Waals surface area contributed by atoms with Crippen LogP contribution in [0.3, 0.4) is 0 Å². The molecule has 0 bridgehead atoms. The standard InChI is InChI=1S/C16H20N2O2/c1-12(2)8-14-10-15(20-18-14)11-17-16(19)9-13-6-4-3-5-7-13/h3-7,10,12H,8-9,11H2,1-2H3,(H,17,19). The van der Waals surface area contributed by atoms with E-state index in [2.05, 4.69) is 24.3 Å². The molecule has 0 radical (unpaired) electrons. The van der Waals surface area contributed by atoms with Crippen LogP contribution in [0.5, 0.6) is 0 Å². The molecule has 0 unspecified atom stereocenters. The van der Waals surface area contributed by atoms with Crippen molar-refractivity contribution in [3.8, 4) is 0 Å². The minimum atomic E-state index is -0.0157. The third kappa shape index (κ3) is 4.53. The van der Waals surface area contributed by atoms with E-state index in [0.717, 1.165) is 17.7 Å². The lowest BCUT2D eigenvalue weighted by molar-refractivity contribution is -0.120. The predicted molar refractivity (Wildman–Crippen MR) is 77.0 cm³/mol. The van der Waals surface area contributed by atoms with Crippen LogP contribution in [0.15, 0.2) is 40.9 Å². The van der Waals surface area contributed by atoms with Gasteiger partial charge in [-0.3, -0.25) is 4.79 Å². The van der Waals surface area contributed by atoms with Gasteiger partial charge in [-0.2, -0.15) is 0 Å². The smallest absolute Gasteiger partial charge is 0.224 e. The lowest BCUT2D eigenvalue weighted by atomic mass is 10.1. The molecule has 0 aliphatic carbocycles. The lowest BCUT2D eigenvalue weighted by Gasteiger charge is -2.02. The van der Waals surface area contributed by atoms with Gasteiger partial charge in [-0.25, -0.2) is 0 Å². The van der Waals surface area contributed by atoms with Crippen LogP contribution in [0.1, 0.15) is 30.9 Å². The Balaban J connectivity index is 1.80. The summed E-state index contributed by atoms with van der Waals surface area (Å²) in [6.07, 6.45) is 1.27. The highest BCUT2D eigenvalue weighted by Crippen LogP contribution is 2.09. The molecule has 0 saturated carbocycles. The van der Waals surface area contributed by atoms with E-state index >= 15 is 0 Å². The second kappa shape index (κ2) is 6.89. The summed E-state index contributed by atoms with van der Waals surface area (Å²) in [4.78, 5) is 11.8. The van der Waals surface area contributed by atoms with Crippen LogP contribution >= 0.6 is 0 Å². The Labute approximate surface area is 119 Å². The Hall–Kier alpha value is -2.10. The van der Waals surface area contributed by atoms with Crippen molar-refractivity contribution >= 4 is 5.91 Å². The van der Waals surface area contributed by atoms with Crippen LogP contribution in [0.2, 0.25) is 0 Å². The van der Waals surface area contributed by atoms with E-state index in [9.17, 15) is 4.79 Å². The Kier molecular flexibility index (Phi) is 4.93. The van der Waals surface area contributed by atoms with Crippen LogP contribution in [0.4, 0.5) is 0 Å². The second-order valence-corrected chi connectivity index (χ2v) is 5.32. The highest BCUT2D eigenvalue weighted by atomic mass is 16.5. The summed E-state index contributed by atoms with van der Waals surface area (Å²) in [5.74, 6) is 1.22. The summed E-state index contributed by atoms with van der Waals surface area (Å²) in [5, 5.41) is 6.83. The van der Waals surface area contributed by atoms with Gasteiger partial charge >= 0.3 is 0 Å². The summed E-state index contributed by atoms with van der Waals surface area (Å²) in [6, 6.07) is 11.6. The minimum absolute atomic E-state index is 0.0157. The first-order valence-corrected chi connectivity index (χ1v) is 6.88. The molecule has 0 spiro atoms. The molecular weight excluding hydrogens is 252 g/mol. The van der Waals surface area contributed by atoms with Crippen LogP contribution < -0.4 is 5.32 Å². The molecule has 2 aromatic rings. The van der Waals surface area contributed by atoms with Gasteiger partial charge < -0.3 is 9.84 Å². The minimum Gasteiger partial charge on any atom is -0.359 e. The van der Waals surface area contributed by atoms with Gasteiger partial charge in [0, 0.05) is 6.07 Å². The highest BCUT2D eigenvalue weighted by Gasteiger charge is 2.08. The maximum Gasteiger partial charge on any atom is 0.224 e. The Morgan fingerprint density at radius 2 is 2.05 bits per heavy atom. The van der Waals surface area contributed by atoms with E-state index in [-0.39, 0.29) is 5.91 Å². The number of carbonyl (C=O) groups excluding carboxylic acids is 1. The van der Waals surface area contributed by atoms with Crippen LogP contribution in [-0.4, -0.2) is 11.1 Å². The zero-order chi connectivity index (χ0) is 14.4. The van der Waals surface area contributed by atoms with E-state index in [4.69, 9.17) is 4.52 Å². The van der Waals surface area contributed by atoms with Gasteiger partial charge in [-0.1, -0.05) is 49.3 Å². The van der Waals surface area contributed by atoms with E-state index in [1.807, 2.05) is 36.4 Å². The highest BCUT2D eigenvalue weighted by molar-refractivity contribution is 5.78. The quantitative estimate of drug-likeness (QED) is 0.879. The number of nitrogens with one attached hydrogen (secondary N) is 1. The van der Waals surface area contributed by atoms with Crippen molar-refractivity contribution in [2.45, 2.75) is 33.2 Å². The summed E-state index contributed by atoms with van der Waals surface area (Å²) in [5.41, 5.74) is 1.94. The van der Waals surface area contributed by atoms with E-state index < -0.39 is 0 Å². The van der Waals surface area contributed by atoms with Crippen molar-refractivity contribution in [1.29, 1.82) is 0 Å². The first-order chi connectivity index (χ1) is 9.63. The zero-order valence-corrected chi connectivity index (χ0v) is 11.9. The summed E-state index contributed by atoms with van der Waals surface area (Å²) < 4.78 is 5.20. The average Bonchev–Trinajstić information content (AvgIpc) is 2.84. The molecule has 0 fully saturated rings. The van der Waals surface area contributed by atoms with E-state index in [1.54, 1.807) is 0 Å². The fraction of sp³-hybridized carbons (Fsp3) is 0.375. The number of hydrogen-bond donors (Lipinski definition) is 1.